The minimum absolute atomic E-state index is 0.0529. The van der Waals surface area contributed by atoms with Crippen LogP contribution < -0.4 is 5.32 Å². The summed E-state index contributed by atoms with van der Waals surface area (Å²) in [7, 11) is 0. The quantitative estimate of drug-likeness (QED) is 0.621. The van der Waals surface area contributed by atoms with Crippen LogP contribution in [0, 0.1) is 5.82 Å². The van der Waals surface area contributed by atoms with Crippen molar-refractivity contribution in [3.8, 4) is 0 Å². The lowest BCUT2D eigenvalue weighted by molar-refractivity contribution is 0.0797. The van der Waals surface area contributed by atoms with Gasteiger partial charge in [-0.1, -0.05) is 22.0 Å². The van der Waals surface area contributed by atoms with Crippen LogP contribution in [-0.4, -0.2) is 22.0 Å². The van der Waals surface area contributed by atoms with Gasteiger partial charge in [0.05, 0.1) is 29.8 Å². The lowest BCUT2D eigenvalue weighted by atomic mass is 10.1. The fraction of sp³-hybridized carbons (Fsp3) is 0.333. The molecule has 2 atom stereocenters. The molecule has 0 spiro atoms. The molecule has 1 aliphatic rings. The van der Waals surface area contributed by atoms with Crippen molar-refractivity contribution < 1.29 is 13.9 Å². The molecular formula is C21H21BrFN3O2. The fourth-order valence-electron chi connectivity index (χ4n) is 3.87. The van der Waals surface area contributed by atoms with Crippen molar-refractivity contribution in [3.63, 3.8) is 0 Å². The Morgan fingerprint density at radius 2 is 2.25 bits per heavy atom. The second-order valence-electron chi connectivity index (χ2n) is 6.98. The van der Waals surface area contributed by atoms with Gasteiger partial charge in [0, 0.05) is 33.9 Å². The van der Waals surface area contributed by atoms with Crippen LogP contribution in [0.5, 0.6) is 0 Å². The number of halogens is 2. The highest BCUT2D eigenvalue weighted by atomic mass is 79.9. The zero-order valence-corrected chi connectivity index (χ0v) is 17.5. The van der Waals surface area contributed by atoms with Crippen LogP contribution in [0.1, 0.15) is 60.1 Å². The molecule has 0 bridgehead atoms. The van der Waals surface area contributed by atoms with Gasteiger partial charge in [-0.3, -0.25) is 9.78 Å². The minimum atomic E-state index is -0.396. The third-order valence-corrected chi connectivity index (χ3v) is 5.77. The second kappa shape index (κ2) is 7.29. The molecule has 1 N–H and O–H groups in total. The van der Waals surface area contributed by atoms with Gasteiger partial charge in [-0.05, 0) is 39.0 Å². The topological polar surface area (TPSA) is 56.2 Å². The maximum absolute atomic E-state index is 14.7. The van der Waals surface area contributed by atoms with Crippen LogP contribution in [0.25, 0.3) is 11.0 Å². The molecule has 0 fully saturated rings. The summed E-state index contributed by atoms with van der Waals surface area (Å²) in [6.07, 6.45) is 1.76. The van der Waals surface area contributed by atoms with Gasteiger partial charge in [-0.15, -0.1) is 0 Å². The van der Waals surface area contributed by atoms with Crippen molar-refractivity contribution in [2.75, 3.05) is 6.54 Å². The van der Waals surface area contributed by atoms with Gasteiger partial charge in [0.15, 0.2) is 0 Å². The van der Waals surface area contributed by atoms with Gasteiger partial charge in [0.1, 0.15) is 11.5 Å². The molecule has 3 heterocycles. The van der Waals surface area contributed by atoms with E-state index in [1.807, 2.05) is 31.5 Å². The van der Waals surface area contributed by atoms with Gasteiger partial charge in [-0.2, -0.15) is 0 Å². The molecule has 1 aliphatic heterocycles. The molecule has 5 nitrogen and oxygen atoms in total. The zero-order chi connectivity index (χ0) is 20.0. The standard InChI is InChI=1S/C21H21BrFN3O2/c1-4-24-21(27)19-8-18-20(16-10-28-12(3)15(16)9-25-18)26(19)11(2)14-6-5-13(22)7-17(14)23/h5-9,11-12H,4,10H2,1-3H3,(H,24,27)/t11-,12?/m1/s1. The summed E-state index contributed by atoms with van der Waals surface area (Å²) in [6, 6.07) is 6.37. The molecule has 1 unspecified atom stereocenters. The molecule has 1 aromatic carbocycles. The summed E-state index contributed by atoms with van der Waals surface area (Å²) in [4.78, 5) is 17.3. The van der Waals surface area contributed by atoms with Gasteiger partial charge in [0.25, 0.3) is 5.91 Å². The fourth-order valence-corrected chi connectivity index (χ4v) is 4.20. The second-order valence-corrected chi connectivity index (χ2v) is 7.90. The number of hydrogen-bond donors (Lipinski definition) is 1. The Balaban J connectivity index is 1.98. The van der Waals surface area contributed by atoms with E-state index >= 15 is 0 Å². The van der Waals surface area contributed by atoms with Gasteiger partial charge >= 0.3 is 0 Å². The molecule has 146 valence electrons. The molecule has 28 heavy (non-hydrogen) atoms. The van der Waals surface area contributed by atoms with Crippen LogP contribution in [0.15, 0.2) is 34.9 Å². The molecule has 0 saturated carbocycles. The normalized spacial score (nSPS) is 17.0. The van der Waals surface area contributed by atoms with E-state index < -0.39 is 6.04 Å². The van der Waals surface area contributed by atoms with Crippen LogP contribution >= 0.6 is 15.9 Å². The number of carbonyl (C=O) groups excluding carboxylic acids is 1. The number of ether oxygens (including phenoxy) is 1. The molecular weight excluding hydrogens is 425 g/mol. The monoisotopic (exact) mass is 445 g/mol. The van der Waals surface area contributed by atoms with E-state index in [0.717, 1.165) is 16.6 Å². The maximum atomic E-state index is 14.7. The molecule has 0 aliphatic carbocycles. The van der Waals surface area contributed by atoms with Gasteiger partial charge < -0.3 is 14.6 Å². The Bertz CT molecular complexity index is 1080. The maximum Gasteiger partial charge on any atom is 0.268 e. The van der Waals surface area contributed by atoms with Crippen LogP contribution in [0.2, 0.25) is 0 Å². The number of nitrogens with zero attached hydrogens (tertiary/aromatic N) is 2. The van der Waals surface area contributed by atoms with E-state index in [1.54, 1.807) is 18.2 Å². The van der Waals surface area contributed by atoms with E-state index in [0.29, 0.717) is 34.4 Å². The number of amides is 1. The zero-order valence-electron chi connectivity index (χ0n) is 15.9. The van der Waals surface area contributed by atoms with Crippen molar-refractivity contribution in [2.45, 2.75) is 39.5 Å². The van der Waals surface area contributed by atoms with Crippen molar-refractivity contribution in [3.05, 3.63) is 63.1 Å². The first-order valence-corrected chi connectivity index (χ1v) is 10.1. The average molecular weight is 446 g/mol. The largest absolute Gasteiger partial charge is 0.369 e. The van der Waals surface area contributed by atoms with Crippen molar-refractivity contribution in [2.24, 2.45) is 0 Å². The first-order valence-electron chi connectivity index (χ1n) is 9.29. The lowest BCUT2D eigenvalue weighted by Crippen LogP contribution is -2.27. The summed E-state index contributed by atoms with van der Waals surface area (Å²) < 4.78 is 23.1. The highest BCUT2D eigenvalue weighted by Crippen LogP contribution is 2.38. The van der Waals surface area contributed by atoms with E-state index in [2.05, 4.69) is 26.2 Å². The number of carbonyl (C=O) groups is 1. The highest BCUT2D eigenvalue weighted by molar-refractivity contribution is 9.10. The van der Waals surface area contributed by atoms with Crippen molar-refractivity contribution in [1.82, 2.24) is 14.9 Å². The number of aromatic nitrogens is 2. The van der Waals surface area contributed by atoms with Crippen LogP contribution in [-0.2, 0) is 11.3 Å². The predicted molar refractivity (Wildman–Crippen MR) is 109 cm³/mol. The molecule has 0 saturated heterocycles. The smallest absolute Gasteiger partial charge is 0.268 e. The van der Waals surface area contributed by atoms with Crippen LogP contribution in [0.3, 0.4) is 0 Å². The summed E-state index contributed by atoms with van der Waals surface area (Å²) in [6.45, 7) is 6.70. The Morgan fingerprint density at radius 1 is 1.46 bits per heavy atom. The van der Waals surface area contributed by atoms with Crippen LogP contribution in [0.4, 0.5) is 4.39 Å². The summed E-state index contributed by atoms with van der Waals surface area (Å²) in [5.74, 6) is -0.527. The summed E-state index contributed by atoms with van der Waals surface area (Å²) in [5, 5.41) is 2.85. The molecule has 2 aromatic heterocycles. The summed E-state index contributed by atoms with van der Waals surface area (Å²) in [5.41, 5.74) is 4.54. The Morgan fingerprint density at radius 3 is 2.96 bits per heavy atom. The molecule has 3 aromatic rings. The van der Waals surface area contributed by atoms with Gasteiger partial charge in [0.2, 0.25) is 0 Å². The number of fused-ring (bicyclic) bond motifs is 3. The van der Waals surface area contributed by atoms with Crippen molar-refractivity contribution >= 4 is 32.9 Å². The van der Waals surface area contributed by atoms with Gasteiger partial charge in [-0.25, -0.2) is 4.39 Å². The SMILES string of the molecule is CCNC(=O)c1cc2ncc3c(c2n1[C@H](C)c1ccc(Br)cc1F)COC3C. The molecule has 1 amide bonds. The number of pyridine rings is 1. The summed E-state index contributed by atoms with van der Waals surface area (Å²) >= 11 is 3.30. The number of nitrogens with one attached hydrogen (secondary N) is 1. The number of benzene rings is 1. The highest BCUT2D eigenvalue weighted by Gasteiger charge is 2.29. The third-order valence-electron chi connectivity index (χ3n) is 5.28. The Labute approximate surface area is 171 Å². The Kier molecular flexibility index (Phi) is 4.97. The number of hydrogen-bond acceptors (Lipinski definition) is 3. The molecule has 0 radical (unpaired) electrons. The third kappa shape index (κ3) is 3.02. The first-order chi connectivity index (χ1) is 13.4. The molecule has 4 rings (SSSR count). The van der Waals surface area contributed by atoms with E-state index in [9.17, 15) is 9.18 Å². The lowest BCUT2D eigenvalue weighted by Gasteiger charge is -2.21. The first kappa shape index (κ1) is 19.1. The number of rotatable bonds is 4. The molecule has 7 heteroatoms. The van der Waals surface area contributed by atoms with E-state index in [-0.39, 0.29) is 17.8 Å². The van der Waals surface area contributed by atoms with E-state index in [4.69, 9.17) is 4.74 Å². The Hall–Kier alpha value is -2.25. The predicted octanol–water partition coefficient (Wildman–Crippen LogP) is 4.89. The average Bonchev–Trinajstić information content (AvgIpc) is 3.22. The minimum Gasteiger partial charge on any atom is -0.369 e. The van der Waals surface area contributed by atoms with Crippen molar-refractivity contribution in [1.29, 1.82) is 0 Å². The van der Waals surface area contributed by atoms with E-state index in [1.165, 1.54) is 6.07 Å².